The van der Waals surface area contributed by atoms with Crippen LogP contribution in [0.2, 0.25) is 0 Å². The third-order valence-corrected chi connectivity index (χ3v) is 1.16. The van der Waals surface area contributed by atoms with E-state index in [-0.39, 0.29) is 0 Å². The van der Waals surface area contributed by atoms with Gasteiger partial charge in [0, 0.05) is 19.0 Å². The molecule has 0 saturated carbocycles. The van der Waals surface area contributed by atoms with Gasteiger partial charge in [0.2, 0.25) is 6.41 Å². The number of amides is 1. The predicted octanol–water partition coefficient (Wildman–Crippen LogP) is 1.54. The van der Waals surface area contributed by atoms with E-state index in [9.17, 15) is 4.79 Å². The first-order chi connectivity index (χ1) is 6.76. The molecule has 0 fully saturated rings. The molecule has 0 aliphatic carbocycles. The normalized spacial score (nSPS) is 9.07. The van der Waals surface area contributed by atoms with Crippen molar-refractivity contribution >= 4 is 18.8 Å². The van der Waals surface area contributed by atoms with Crippen LogP contribution in [0.1, 0.15) is 13.3 Å². The molecule has 0 aromatic rings. The summed E-state index contributed by atoms with van der Waals surface area (Å²) in [6.07, 6.45) is 7.14. The third kappa shape index (κ3) is 12.9. The molecule has 0 atom stereocenters. The van der Waals surface area contributed by atoms with Crippen molar-refractivity contribution in [3.8, 4) is 0 Å². The highest BCUT2D eigenvalue weighted by Gasteiger charge is 1.87. The summed E-state index contributed by atoms with van der Waals surface area (Å²) in [6.45, 7) is 5.85. The lowest BCUT2D eigenvalue weighted by Gasteiger charge is -1.95. The lowest BCUT2D eigenvalue weighted by molar-refractivity contribution is -0.109. The summed E-state index contributed by atoms with van der Waals surface area (Å²) in [4.78, 5) is 9.76. The highest BCUT2D eigenvalue weighted by atomic mass is 16.1. The molecule has 4 heteroatoms. The van der Waals surface area contributed by atoms with Gasteiger partial charge in [-0.15, -0.1) is 6.58 Å². The number of carbonyl (C=O) groups is 1. The molecular weight excluding hydrogens is 178 g/mol. The quantitative estimate of drug-likeness (QED) is 0.335. The van der Waals surface area contributed by atoms with Crippen LogP contribution in [0.5, 0.6) is 0 Å². The summed E-state index contributed by atoms with van der Waals surface area (Å²) in [7, 11) is 0. The maximum atomic E-state index is 9.76. The molecule has 78 valence electrons. The Labute approximate surface area is 84.7 Å². The van der Waals surface area contributed by atoms with Gasteiger partial charge in [0.1, 0.15) is 0 Å². The number of allylic oxidation sites excluding steroid dienone is 2. The number of carbonyl (C=O) groups excluding carboxylic acids is 1. The number of hydrogen-bond donors (Lipinski definition) is 3. The zero-order valence-electron chi connectivity index (χ0n) is 8.42. The van der Waals surface area contributed by atoms with Gasteiger partial charge >= 0.3 is 0 Å². The predicted molar refractivity (Wildman–Crippen MR) is 60.2 cm³/mol. The van der Waals surface area contributed by atoms with Gasteiger partial charge in [-0.2, -0.15) is 0 Å². The molecule has 0 aromatic carbocycles. The van der Waals surface area contributed by atoms with Crippen molar-refractivity contribution in [1.82, 2.24) is 5.32 Å². The van der Waals surface area contributed by atoms with E-state index in [4.69, 9.17) is 10.8 Å². The van der Waals surface area contributed by atoms with E-state index in [2.05, 4.69) is 18.8 Å². The average molecular weight is 195 g/mol. The minimum Gasteiger partial charge on any atom is -0.355 e. The lowest BCUT2D eigenvalue weighted by Crippen LogP contribution is -2.14. The standard InChI is InChI=1S/C6H9N3O.C4H8/c7-2-1-6(3-8)4-9-5-10;1-3-4-2/h1-3,5,7-8H,4H2,(H,9,10);3H,1,4H2,2H3/b6-1+,7-2?,8-3?;. The zero-order valence-corrected chi connectivity index (χ0v) is 8.42. The van der Waals surface area contributed by atoms with Crippen LogP contribution >= 0.6 is 0 Å². The SMILES string of the molecule is C=CCC.N=C/C=C(\C=N)CNC=O. The first-order valence-electron chi connectivity index (χ1n) is 4.24. The van der Waals surface area contributed by atoms with Crippen LogP contribution < -0.4 is 5.32 Å². The molecule has 0 heterocycles. The van der Waals surface area contributed by atoms with Crippen molar-refractivity contribution in [2.24, 2.45) is 0 Å². The van der Waals surface area contributed by atoms with Crippen LogP contribution in [0.25, 0.3) is 0 Å². The number of hydrogen-bond acceptors (Lipinski definition) is 3. The lowest BCUT2D eigenvalue weighted by atomic mass is 10.3. The highest BCUT2D eigenvalue weighted by Crippen LogP contribution is 1.82. The molecule has 0 rings (SSSR count). The van der Waals surface area contributed by atoms with E-state index in [1.807, 2.05) is 6.08 Å². The maximum absolute atomic E-state index is 9.76. The molecule has 0 saturated heterocycles. The van der Waals surface area contributed by atoms with Crippen molar-refractivity contribution in [1.29, 1.82) is 10.8 Å². The van der Waals surface area contributed by atoms with Gasteiger partial charge < -0.3 is 16.1 Å². The third-order valence-electron chi connectivity index (χ3n) is 1.16. The van der Waals surface area contributed by atoms with Crippen molar-refractivity contribution in [3.63, 3.8) is 0 Å². The maximum Gasteiger partial charge on any atom is 0.207 e. The monoisotopic (exact) mass is 195 g/mol. The molecule has 4 nitrogen and oxygen atoms in total. The first-order valence-corrected chi connectivity index (χ1v) is 4.24. The molecular formula is C10H17N3O. The Bertz CT molecular complexity index is 209. The zero-order chi connectivity index (χ0) is 11.2. The van der Waals surface area contributed by atoms with Crippen molar-refractivity contribution in [3.05, 3.63) is 24.3 Å². The molecule has 0 unspecified atom stereocenters. The number of rotatable bonds is 6. The van der Waals surface area contributed by atoms with Crippen LogP contribution in [-0.4, -0.2) is 25.4 Å². The molecule has 0 aliphatic heterocycles. The fraction of sp³-hybridized carbons (Fsp3) is 0.300. The van der Waals surface area contributed by atoms with E-state index in [1.54, 1.807) is 0 Å². The summed E-state index contributed by atoms with van der Waals surface area (Å²) >= 11 is 0. The van der Waals surface area contributed by atoms with Gasteiger partial charge in [-0.3, -0.25) is 4.79 Å². The van der Waals surface area contributed by atoms with E-state index < -0.39 is 0 Å². The number of nitrogens with one attached hydrogen (secondary N) is 3. The van der Waals surface area contributed by atoms with Gasteiger partial charge in [-0.25, -0.2) is 0 Å². The second-order valence-corrected chi connectivity index (χ2v) is 2.25. The molecule has 0 aliphatic rings. The average Bonchev–Trinajstić information content (AvgIpc) is 2.24. The second kappa shape index (κ2) is 13.9. The van der Waals surface area contributed by atoms with Crippen LogP contribution in [-0.2, 0) is 4.79 Å². The van der Waals surface area contributed by atoms with Crippen LogP contribution in [0.4, 0.5) is 0 Å². The Morgan fingerprint density at radius 1 is 1.50 bits per heavy atom. The fourth-order valence-electron chi connectivity index (χ4n) is 0.425. The second-order valence-electron chi connectivity index (χ2n) is 2.25. The Morgan fingerprint density at radius 3 is 2.36 bits per heavy atom. The Kier molecular flexibility index (Phi) is 14.6. The molecule has 1 amide bonds. The van der Waals surface area contributed by atoms with E-state index in [0.717, 1.165) is 18.9 Å². The van der Waals surface area contributed by atoms with Crippen molar-refractivity contribution < 1.29 is 4.79 Å². The molecule has 0 spiro atoms. The largest absolute Gasteiger partial charge is 0.355 e. The summed E-state index contributed by atoms with van der Waals surface area (Å²) in [5, 5.41) is 15.8. The van der Waals surface area contributed by atoms with Crippen molar-refractivity contribution in [2.45, 2.75) is 13.3 Å². The van der Waals surface area contributed by atoms with E-state index in [1.165, 1.54) is 6.08 Å². The van der Waals surface area contributed by atoms with Crippen molar-refractivity contribution in [2.75, 3.05) is 6.54 Å². The van der Waals surface area contributed by atoms with Gasteiger partial charge in [-0.1, -0.05) is 13.0 Å². The van der Waals surface area contributed by atoms with Crippen LogP contribution in [0.3, 0.4) is 0 Å². The van der Waals surface area contributed by atoms with Gasteiger partial charge in [-0.05, 0) is 18.1 Å². The minimum atomic E-state index is 0.308. The van der Waals surface area contributed by atoms with Crippen LogP contribution in [0, 0.1) is 10.8 Å². The molecule has 0 aromatic heterocycles. The minimum absolute atomic E-state index is 0.308. The fourth-order valence-corrected chi connectivity index (χ4v) is 0.425. The molecule has 14 heavy (non-hydrogen) atoms. The molecule has 0 bridgehead atoms. The van der Waals surface area contributed by atoms with Gasteiger partial charge in [0.05, 0.1) is 0 Å². The Balaban J connectivity index is 0. The summed E-state index contributed by atoms with van der Waals surface area (Å²) in [5.41, 5.74) is 0.599. The summed E-state index contributed by atoms with van der Waals surface area (Å²) in [5.74, 6) is 0. The highest BCUT2D eigenvalue weighted by molar-refractivity contribution is 5.84. The topological polar surface area (TPSA) is 76.8 Å². The van der Waals surface area contributed by atoms with Crippen LogP contribution in [0.15, 0.2) is 24.3 Å². The summed E-state index contributed by atoms with van der Waals surface area (Å²) < 4.78 is 0. The van der Waals surface area contributed by atoms with E-state index in [0.29, 0.717) is 18.5 Å². The molecule has 3 N–H and O–H groups in total. The molecule has 0 radical (unpaired) electrons. The van der Waals surface area contributed by atoms with E-state index >= 15 is 0 Å². The Morgan fingerprint density at radius 2 is 2.07 bits per heavy atom. The summed E-state index contributed by atoms with van der Waals surface area (Å²) in [6, 6.07) is 0. The van der Waals surface area contributed by atoms with Gasteiger partial charge in [0.15, 0.2) is 0 Å². The van der Waals surface area contributed by atoms with Gasteiger partial charge in [0.25, 0.3) is 0 Å². The Hall–Kier alpha value is -1.71. The smallest absolute Gasteiger partial charge is 0.207 e. The first kappa shape index (κ1) is 14.8.